The molecule has 4 rings (SSSR count). The summed E-state index contributed by atoms with van der Waals surface area (Å²) in [5.74, 6) is -1.27. The minimum atomic E-state index is -4.32. The van der Waals surface area contributed by atoms with Gasteiger partial charge in [0, 0.05) is 29.7 Å². The molecule has 1 aliphatic carbocycles. The molecule has 0 aliphatic heterocycles. The summed E-state index contributed by atoms with van der Waals surface area (Å²) < 4.78 is 42.7. The number of amides is 1. The topological polar surface area (TPSA) is 111 Å². The van der Waals surface area contributed by atoms with Gasteiger partial charge in [-0.2, -0.15) is 0 Å². The van der Waals surface area contributed by atoms with Gasteiger partial charge in [0.25, 0.3) is 5.91 Å². The van der Waals surface area contributed by atoms with Crippen molar-refractivity contribution < 1.29 is 17.6 Å². The van der Waals surface area contributed by atoms with Crippen molar-refractivity contribution >= 4 is 61.3 Å². The summed E-state index contributed by atoms with van der Waals surface area (Å²) in [6.07, 6.45) is 4.62. The zero-order chi connectivity index (χ0) is 24.8. The number of anilines is 1. The molecule has 1 aromatic carbocycles. The van der Waals surface area contributed by atoms with Gasteiger partial charge in [0.15, 0.2) is 5.43 Å². The Morgan fingerprint density at radius 3 is 2.62 bits per heavy atom. The first-order valence-electron chi connectivity index (χ1n) is 10.6. The van der Waals surface area contributed by atoms with E-state index in [0.717, 1.165) is 36.3 Å². The lowest BCUT2D eigenvalue weighted by Crippen LogP contribution is -2.22. The molecule has 0 bridgehead atoms. The highest BCUT2D eigenvalue weighted by Crippen LogP contribution is 2.32. The summed E-state index contributed by atoms with van der Waals surface area (Å²) in [6, 6.07) is 5.22. The SMILES string of the molecule is CC(C)n1cc(C=C(C(N)=O)S(=O)(=O)c2ccc(Cl)s2)c(=O)c2cc(F)c(NCC3CC3)cc21. The Morgan fingerprint density at radius 1 is 1.35 bits per heavy atom. The number of carbonyl (C=O) groups excluding carboxylic acids is 1. The maximum atomic E-state index is 14.8. The summed E-state index contributed by atoms with van der Waals surface area (Å²) >= 11 is 6.62. The summed E-state index contributed by atoms with van der Waals surface area (Å²) in [5.41, 5.74) is 5.47. The van der Waals surface area contributed by atoms with Gasteiger partial charge in [-0.3, -0.25) is 9.59 Å². The number of carbonyl (C=O) groups is 1. The summed E-state index contributed by atoms with van der Waals surface area (Å²) in [4.78, 5) is 24.6. The number of nitrogens with two attached hydrogens (primary N) is 1. The summed E-state index contributed by atoms with van der Waals surface area (Å²) in [6.45, 7) is 4.40. The highest BCUT2D eigenvalue weighted by molar-refractivity contribution is 7.98. The van der Waals surface area contributed by atoms with Crippen LogP contribution in [0.25, 0.3) is 17.0 Å². The Kier molecular flexibility index (Phi) is 6.58. The van der Waals surface area contributed by atoms with Crippen LogP contribution < -0.4 is 16.5 Å². The maximum Gasteiger partial charge on any atom is 0.260 e. The molecule has 3 N–H and O–H groups in total. The normalized spacial score (nSPS) is 14.7. The van der Waals surface area contributed by atoms with Gasteiger partial charge in [0.05, 0.1) is 15.5 Å². The first kappa shape index (κ1) is 24.4. The van der Waals surface area contributed by atoms with Gasteiger partial charge in [-0.15, -0.1) is 11.3 Å². The fourth-order valence-corrected chi connectivity index (χ4v) is 6.51. The Bertz CT molecular complexity index is 1490. The molecule has 180 valence electrons. The molecule has 1 amide bonds. The van der Waals surface area contributed by atoms with Crippen LogP contribution in [0.3, 0.4) is 0 Å². The van der Waals surface area contributed by atoms with E-state index in [1.165, 1.54) is 18.3 Å². The van der Waals surface area contributed by atoms with E-state index in [1.54, 1.807) is 10.6 Å². The number of benzene rings is 1. The van der Waals surface area contributed by atoms with Crippen LogP contribution in [0.1, 0.15) is 38.3 Å². The quantitative estimate of drug-likeness (QED) is 0.420. The predicted molar refractivity (Wildman–Crippen MR) is 133 cm³/mol. The number of primary amides is 1. The molecule has 0 saturated heterocycles. The van der Waals surface area contributed by atoms with Crippen LogP contribution in [0, 0.1) is 11.7 Å². The maximum absolute atomic E-state index is 14.8. The first-order chi connectivity index (χ1) is 16.0. The molecule has 0 unspecified atom stereocenters. The molecule has 2 heterocycles. The van der Waals surface area contributed by atoms with Crippen molar-refractivity contribution in [3.05, 3.63) is 61.3 Å². The Balaban J connectivity index is 1.90. The number of sulfone groups is 1. The Morgan fingerprint density at radius 2 is 2.06 bits per heavy atom. The molecule has 1 aliphatic rings. The van der Waals surface area contributed by atoms with Crippen LogP contribution >= 0.6 is 22.9 Å². The molecular formula is C23H23ClFN3O4S2. The van der Waals surface area contributed by atoms with E-state index in [-0.39, 0.29) is 25.5 Å². The van der Waals surface area contributed by atoms with E-state index in [1.807, 2.05) is 13.8 Å². The van der Waals surface area contributed by atoms with Crippen molar-refractivity contribution in [2.24, 2.45) is 11.7 Å². The van der Waals surface area contributed by atoms with Crippen LogP contribution in [-0.2, 0) is 14.6 Å². The summed E-state index contributed by atoms with van der Waals surface area (Å²) in [7, 11) is -4.32. The molecule has 34 heavy (non-hydrogen) atoms. The number of aromatic nitrogens is 1. The van der Waals surface area contributed by atoms with Crippen molar-refractivity contribution in [3.8, 4) is 0 Å². The second kappa shape index (κ2) is 9.16. The number of halogens is 2. The second-order valence-electron chi connectivity index (χ2n) is 8.52. The molecule has 0 radical (unpaired) electrons. The number of nitrogens with zero attached hydrogens (tertiary/aromatic N) is 1. The number of hydrogen-bond acceptors (Lipinski definition) is 6. The number of thiophene rings is 1. The van der Waals surface area contributed by atoms with Gasteiger partial charge >= 0.3 is 0 Å². The minimum Gasteiger partial charge on any atom is -0.382 e. The van der Waals surface area contributed by atoms with Crippen LogP contribution in [0.4, 0.5) is 10.1 Å². The van der Waals surface area contributed by atoms with Crippen molar-refractivity contribution in [2.45, 2.75) is 36.9 Å². The van der Waals surface area contributed by atoms with Crippen LogP contribution in [0.2, 0.25) is 4.34 Å². The third-order valence-corrected chi connectivity index (χ3v) is 9.11. The second-order valence-corrected chi connectivity index (χ2v) is 12.4. The van der Waals surface area contributed by atoms with Crippen molar-refractivity contribution in [2.75, 3.05) is 11.9 Å². The Labute approximate surface area is 205 Å². The fraction of sp³-hybridized carbons (Fsp3) is 0.304. The van der Waals surface area contributed by atoms with Crippen LogP contribution in [0.15, 0.2) is 44.4 Å². The van der Waals surface area contributed by atoms with E-state index in [9.17, 15) is 22.4 Å². The lowest BCUT2D eigenvalue weighted by Gasteiger charge is -2.18. The molecule has 1 saturated carbocycles. The predicted octanol–water partition coefficient (Wildman–Crippen LogP) is 4.56. The number of fused-ring (bicyclic) bond motifs is 1. The third-order valence-electron chi connectivity index (χ3n) is 5.62. The van der Waals surface area contributed by atoms with E-state index in [0.29, 0.717) is 23.7 Å². The van der Waals surface area contributed by atoms with E-state index < -0.39 is 31.9 Å². The smallest absolute Gasteiger partial charge is 0.260 e. The average Bonchev–Trinajstić information content (AvgIpc) is 3.49. The summed E-state index contributed by atoms with van der Waals surface area (Å²) in [5, 5.41) is 3.17. The fourth-order valence-electron chi connectivity index (χ4n) is 3.61. The first-order valence-corrected chi connectivity index (χ1v) is 13.3. The van der Waals surface area contributed by atoms with Crippen LogP contribution in [-0.4, -0.2) is 25.4 Å². The minimum absolute atomic E-state index is 0.0670. The molecule has 2 aromatic heterocycles. The molecule has 3 aromatic rings. The number of rotatable bonds is 8. The molecule has 11 heteroatoms. The van der Waals surface area contributed by atoms with Crippen molar-refractivity contribution in [1.82, 2.24) is 4.57 Å². The van der Waals surface area contributed by atoms with E-state index >= 15 is 0 Å². The lowest BCUT2D eigenvalue weighted by atomic mass is 10.1. The van der Waals surface area contributed by atoms with Crippen molar-refractivity contribution in [3.63, 3.8) is 0 Å². The number of nitrogens with one attached hydrogen (secondary N) is 1. The zero-order valence-electron chi connectivity index (χ0n) is 18.5. The highest BCUT2D eigenvalue weighted by atomic mass is 35.5. The van der Waals surface area contributed by atoms with E-state index in [4.69, 9.17) is 17.3 Å². The van der Waals surface area contributed by atoms with Gasteiger partial charge in [0.2, 0.25) is 9.84 Å². The van der Waals surface area contributed by atoms with Gasteiger partial charge < -0.3 is 15.6 Å². The number of pyridine rings is 1. The van der Waals surface area contributed by atoms with Crippen LogP contribution in [0.5, 0.6) is 0 Å². The molecular weight excluding hydrogens is 501 g/mol. The zero-order valence-corrected chi connectivity index (χ0v) is 20.9. The van der Waals surface area contributed by atoms with Gasteiger partial charge in [0.1, 0.15) is 14.9 Å². The molecule has 0 atom stereocenters. The molecule has 0 spiro atoms. The highest BCUT2D eigenvalue weighted by Gasteiger charge is 2.28. The largest absolute Gasteiger partial charge is 0.382 e. The van der Waals surface area contributed by atoms with Gasteiger partial charge in [-0.05, 0) is 62.9 Å². The monoisotopic (exact) mass is 523 g/mol. The van der Waals surface area contributed by atoms with Gasteiger partial charge in [-0.1, -0.05) is 11.6 Å². The molecule has 1 fully saturated rings. The average molecular weight is 524 g/mol. The standard InChI is InChI=1S/C23H23ClFN3O4S2/c1-12(2)28-11-14(7-19(23(26)30)34(31,32)21-6-5-20(24)33-21)22(29)15-8-16(25)17(9-18(15)28)27-10-13-3-4-13/h5-9,11-13,27H,3-4,10H2,1-2H3,(H2,26,30). The molecule has 7 nitrogen and oxygen atoms in total. The van der Waals surface area contributed by atoms with Crippen molar-refractivity contribution in [1.29, 1.82) is 0 Å². The third kappa shape index (κ3) is 4.75. The number of hydrogen-bond donors (Lipinski definition) is 2. The van der Waals surface area contributed by atoms with Gasteiger partial charge in [-0.25, -0.2) is 12.8 Å². The van der Waals surface area contributed by atoms with E-state index in [2.05, 4.69) is 5.32 Å². The Hall–Kier alpha value is -2.69. The lowest BCUT2D eigenvalue weighted by molar-refractivity contribution is -0.113.